The SMILES string of the molecule is Clc1ccnc2cnccc12. The Hall–Kier alpha value is -1.15. The molecule has 0 saturated carbocycles. The third-order valence-electron chi connectivity index (χ3n) is 1.49. The van der Waals surface area contributed by atoms with Crippen LogP contribution in [0.2, 0.25) is 5.02 Å². The van der Waals surface area contributed by atoms with E-state index >= 15 is 0 Å². The van der Waals surface area contributed by atoms with E-state index in [1.165, 1.54) is 0 Å². The van der Waals surface area contributed by atoms with Crippen LogP contribution in [0.15, 0.2) is 30.7 Å². The summed E-state index contributed by atoms with van der Waals surface area (Å²) in [6.07, 6.45) is 5.07. The van der Waals surface area contributed by atoms with Crippen LogP contribution in [-0.2, 0) is 0 Å². The number of hydrogen-bond acceptors (Lipinski definition) is 2. The summed E-state index contributed by atoms with van der Waals surface area (Å²) in [7, 11) is 0. The van der Waals surface area contributed by atoms with E-state index in [-0.39, 0.29) is 0 Å². The van der Waals surface area contributed by atoms with Gasteiger partial charge in [0.15, 0.2) is 0 Å². The molecule has 0 unspecified atom stereocenters. The number of hydrogen-bond donors (Lipinski definition) is 0. The summed E-state index contributed by atoms with van der Waals surface area (Å²) in [5.41, 5.74) is 0.833. The largest absolute Gasteiger partial charge is 0.262 e. The molecule has 2 rings (SSSR count). The second-order valence-electron chi connectivity index (χ2n) is 2.19. The maximum absolute atomic E-state index is 5.89. The van der Waals surface area contributed by atoms with Gasteiger partial charge in [0, 0.05) is 17.8 Å². The smallest absolute Gasteiger partial charge is 0.0900 e. The highest BCUT2D eigenvalue weighted by Gasteiger charge is 1.96. The normalized spacial score (nSPS) is 10.3. The fourth-order valence-corrected chi connectivity index (χ4v) is 1.18. The van der Waals surface area contributed by atoms with Gasteiger partial charge >= 0.3 is 0 Å². The molecule has 0 bridgehead atoms. The Bertz CT molecular complexity index is 381. The molecule has 11 heavy (non-hydrogen) atoms. The number of aromatic nitrogens is 2. The van der Waals surface area contributed by atoms with Crippen molar-refractivity contribution in [3.05, 3.63) is 35.7 Å². The molecule has 0 amide bonds. The lowest BCUT2D eigenvalue weighted by molar-refractivity contribution is 1.31. The predicted molar refractivity (Wildman–Crippen MR) is 44.5 cm³/mol. The Morgan fingerprint density at radius 2 is 2.09 bits per heavy atom. The Labute approximate surface area is 68.9 Å². The van der Waals surface area contributed by atoms with Crippen molar-refractivity contribution in [1.82, 2.24) is 9.97 Å². The summed E-state index contributed by atoms with van der Waals surface area (Å²) in [6, 6.07) is 3.62. The van der Waals surface area contributed by atoms with Gasteiger partial charge in [-0.25, -0.2) is 0 Å². The first-order valence-corrected chi connectivity index (χ1v) is 3.60. The molecule has 2 nitrogen and oxygen atoms in total. The third kappa shape index (κ3) is 1.05. The molecule has 0 aliphatic heterocycles. The van der Waals surface area contributed by atoms with E-state index in [2.05, 4.69) is 9.97 Å². The number of fused-ring (bicyclic) bond motifs is 1. The van der Waals surface area contributed by atoms with Crippen molar-refractivity contribution in [2.75, 3.05) is 0 Å². The molecular formula is C8H5ClN2. The Morgan fingerprint density at radius 1 is 1.18 bits per heavy atom. The predicted octanol–water partition coefficient (Wildman–Crippen LogP) is 2.28. The first-order chi connectivity index (χ1) is 5.38. The van der Waals surface area contributed by atoms with E-state index in [0.29, 0.717) is 0 Å². The molecule has 0 N–H and O–H groups in total. The fourth-order valence-electron chi connectivity index (χ4n) is 0.964. The highest BCUT2D eigenvalue weighted by atomic mass is 35.5. The standard InChI is InChI=1S/C8H5ClN2/c9-7-2-4-11-8-5-10-3-1-6(7)8/h1-5H. The van der Waals surface area contributed by atoms with Crippen molar-refractivity contribution < 1.29 is 0 Å². The highest BCUT2D eigenvalue weighted by Crippen LogP contribution is 2.19. The quantitative estimate of drug-likeness (QED) is 0.597. The Morgan fingerprint density at radius 3 is 2.91 bits per heavy atom. The van der Waals surface area contributed by atoms with Crippen LogP contribution in [0.25, 0.3) is 10.9 Å². The number of halogens is 1. The number of rotatable bonds is 0. The van der Waals surface area contributed by atoms with Gasteiger partial charge in [0.25, 0.3) is 0 Å². The van der Waals surface area contributed by atoms with Crippen molar-refractivity contribution in [3.8, 4) is 0 Å². The summed E-state index contributed by atoms with van der Waals surface area (Å²) < 4.78 is 0. The summed E-state index contributed by atoms with van der Waals surface area (Å²) in [5.74, 6) is 0. The third-order valence-corrected chi connectivity index (χ3v) is 1.82. The van der Waals surface area contributed by atoms with Gasteiger partial charge in [-0.15, -0.1) is 0 Å². The van der Waals surface area contributed by atoms with Crippen LogP contribution in [0, 0.1) is 0 Å². The average molecular weight is 165 g/mol. The molecule has 2 aromatic rings. The van der Waals surface area contributed by atoms with Crippen molar-refractivity contribution in [3.63, 3.8) is 0 Å². The summed E-state index contributed by atoms with van der Waals surface area (Å²) in [4.78, 5) is 8.03. The van der Waals surface area contributed by atoms with Gasteiger partial charge in [-0.1, -0.05) is 11.6 Å². The molecule has 3 heteroatoms. The van der Waals surface area contributed by atoms with Crippen LogP contribution in [0.4, 0.5) is 0 Å². The monoisotopic (exact) mass is 164 g/mol. The van der Waals surface area contributed by atoms with Crippen LogP contribution in [-0.4, -0.2) is 9.97 Å². The van der Waals surface area contributed by atoms with Gasteiger partial charge in [0.2, 0.25) is 0 Å². The van der Waals surface area contributed by atoms with Crippen molar-refractivity contribution in [2.45, 2.75) is 0 Å². The minimum Gasteiger partial charge on any atom is -0.262 e. The van der Waals surface area contributed by atoms with Gasteiger partial charge in [-0.3, -0.25) is 9.97 Å². The second kappa shape index (κ2) is 2.47. The van der Waals surface area contributed by atoms with Crippen LogP contribution in [0.5, 0.6) is 0 Å². The first kappa shape index (κ1) is 6.55. The van der Waals surface area contributed by atoms with E-state index < -0.39 is 0 Å². The maximum Gasteiger partial charge on any atom is 0.0900 e. The van der Waals surface area contributed by atoms with Crippen molar-refractivity contribution >= 4 is 22.5 Å². The molecule has 0 fully saturated rings. The molecule has 0 aliphatic rings. The lowest BCUT2D eigenvalue weighted by Gasteiger charge is -1.95. The Balaban J connectivity index is 2.91. The van der Waals surface area contributed by atoms with E-state index in [1.807, 2.05) is 6.07 Å². The van der Waals surface area contributed by atoms with Crippen molar-refractivity contribution in [1.29, 1.82) is 0 Å². The minimum absolute atomic E-state index is 0.720. The zero-order valence-corrected chi connectivity index (χ0v) is 6.42. The minimum atomic E-state index is 0.720. The maximum atomic E-state index is 5.89. The molecule has 0 aromatic carbocycles. The van der Waals surface area contributed by atoms with Gasteiger partial charge in [-0.05, 0) is 12.1 Å². The molecule has 54 valence electrons. The lowest BCUT2D eigenvalue weighted by Crippen LogP contribution is -1.79. The zero-order chi connectivity index (χ0) is 7.68. The zero-order valence-electron chi connectivity index (χ0n) is 5.66. The summed E-state index contributed by atoms with van der Waals surface area (Å²) >= 11 is 5.89. The molecule has 0 spiro atoms. The molecule has 2 heterocycles. The van der Waals surface area contributed by atoms with Crippen molar-refractivity contribution in [2.24, 2.45) is 0 Å². The number of pyridine rings is 2. The fraction of sp³-hybridized carbons (Fsp3) is 0. The summed E-state index contributed by atoms with van der Waals surface area (Å²) in [5, 5.41) is 1.67. The van der Waals surface area contributed by atoms with Crippen LogP contribution >= 0.6 is 11.6 Å². The number of nitrogens with zero attached hydrogens (tertiary/aromatic N) is 2. The van der Waals surface area contributed by atoms with Gasteiger partial charge in [0.05, 0.1) is 16.7 Å². The first-order valence-electron chi connectivity index (χ1n) is 3.22. The molecule has 0 saturated heterocycles. The van der Waals surface area contributed by atoms with Crippen LogP contribution in [0.3, 0.4) is 0 Å². The molecule has 0 atom stereocenters. The highest BCUT2D eigenvalue weighted by molar-refractivity contribution is 6.35. The molecular weight excluding hydrogens is 160 g/mol. The Kier molecular flexibility index (Phi) is 1.47. The van der Waals surface area contributed by atoms with Crippen LogP contribution in [0.1, 0.15) is 0 Å². The van der Waals surface area contributed by atoms with E-state index in [1.54, 1.807) is 24.7 Å². The lowest BCUT2D eigenvalue weighted by atomic mass is 10.3. The van der Waals surface area contributed by atoms with E-state index in [9.17, 15) is 0 Å². The van der Waals surface area contributed by atoms with E-state index in [4.69, 9.17) is 11.6 Å². The van der Waals surface area contributed by atoms with Gasteiger partial charge < -0.3 is 0 Å². The molecule has 2 aromatic heterocycles. The molecule has 0 radical (unpaired) electrons. The van der Waals surface area contributed by atoms with Gasteiger partial charge in [0.1, 0.15) is 0 Å². The van der Waals surface area contributed by atoms with E-state index in [0.717, 1.165) is 15.9 Å². The topological polar surface area (TPSA) is 25.8 Å². The van der Waals surface area contributed by atoms with Crippen LogP contribution < -0.4 is 0 Å². The second-order valence-corrected chi connectivity index (χ2v) is 2.59. The molecule has 0 aliphatic carbocycles. The summed E-state index contributed by atoms with van der Waals surface area (Å²) in [6.45, 7) is 0. The average Bonchev–Trinajstić information content (AvgIpc) is 2.06. The van der Waals surface area contributed by atoms with Gasteiger partial charge in [-0.2, -0.15) is 0 Å².